The average Bonchev–Trinajstić information content (AvgIpc) is 3.39. The topological polar surface area (TPSA) is 132 Å². The van der Waals surface area contributed by atoms with Crippen LogP contribution >= 0.6 is 0 Å². The van der Waals surface area contributed by atoms with Crippen molar-refractivity contribution >= 4 is 44.2 Å². The molecule has 5 N–H and O–H groups in total. The van der Waals surface area contributed by atoms with E-state index in [9.17, 15) is 18.0 Å². The van der Waals surface area contributed by atoms with Crippen LogP contribution in [-0.2, 0) is 26.7 Å². The van der Waals surface area contributed by atoms with Gasteiger partial charge in [-0.05, 0) is 72.2 Å². The Morgan fingerprint density at radius 2 is 1.54 bits per heavy atom. The Hall–Kier alpha value is -4.31. The molecule has 1 unspecified atom stereocenters. The van der Waals surface area contributed by atoms with Crippen molar-refractivity contribution in [3.63, 3.8) is 0 Å². The van der Waals surface area contributed by atoms with E-state index in [-0.39, 0.29) is 28.7 Å². The third-order valence-corrected chi connectivity index (χ3v) is 9.33. The van der Waals surface area contributed by atoms with Gasteiger partial charge in [-0.25, -0.2) is 13.2 Å². The Morgan fingerprint density at radius 3 is 2.24 bits per heavy atom. The second-order valence-electron chi connectivity index (χ2n) is 13.4. The molecule has 0 fully saturated rings. The summed E-state index contributed by atoms with van der Waals surface area (Å²) < 4.78 is 28.8. The molecule has 3 aromatic carbocycles. The highest BCUT2D eigenvalue weighted by Gasteiger charge is 2.24. The van der Waals surface area contributed by atoms with E-state index in [1.54, 1.807) is 30.3 Å². The van der Waals surface area contributed by atoms with Crippen molar-refractivity contribution in [1.82, 2.24) is 15.6 Å². The first-order chi connectivity index (χ1) is 21.7. The number of carbonyl (C=O) groups excluding carboxylic acids is 2. The normalized spacial score (nSPS) is 13.3. The Labute approximate surface area is 273 Å². The average molecular weight is 646 g/mol. The molecule has 9 nitrogen and oxygen atoms in total. The molecule has 1 aromatic heterocycles. The summed E-state index contributed by atoms with van der Waals surface area (Å²) in [6, 6.07) is 19.6. The second kappa shape index (κ2) is 14.9. The van der Waals surface area contributed by atoms with Gasteiger partial charge >= 0.3 is 6.03 Å². The molecule has 0 aliphatic heterocycles. The molecule has 0 radical (unpaired) electrons. The number of aromatic amines is 1. The van der Waals surface area contributed by atoms with Crippen molar-refractivity contribution < 1.29 is 18.0 Å². The molecule has 246 valence electrons. The molecule has 0 spiro atoms. The van der Waals surface area contributed by atoms with Crippen molar-refractivity contribution in [2.45, 2.75) is 89.6 Å². The number of sulfonamides is 1. The molecule has 4 aromatic rings. The minimum absolute atomic E-state index is 0.0454. The van der Waals surface area contributed by atoms with Gasteiger partial charge in [-0.3, -0.25) is 9.52 Å². The molecular weight excluding hydrogens is 598 g/mol. The van der Waals surface area contributed by atoms with Crippen LogP contribution in [0.4, 0.5) is 16.2 Å². The SMILES string of the molecule is CC(C)CCCC(C)NC(=O)[C@@H](Cc1c[nH]c2ccccc12)NC(=O)Nc1cccc(NS(=O)(=O)c2ccc(C(C)(C)C)cc2)c1. The van der Waals surface area contributed by atoms with E-state index in [2.05, 4.69) is 60.3 Å². The molecular formula is C36H47N5O4S. The number of amides is 3. The van der Waals surface area contributed by atoms with E-state index in [1.165, 1.54) is 6.07 Å². The summed E-state index contributed by atoms with van der Waals surface area (Å²) in [6.45, 7) is 12.5. The number of anilines is 2. The first kappa shape index (κ1) is 34.6. The summed E-state index contributed by atoms with van der Waals surface area (Å²) in [5.74, 6) is 0.327. The molecule has 0 aliphatic carbocycles. The lowest BCUT2D eigenvalue weighted by atomic mass is 9.87. The number of nitrogens with one attached hydrogen (secondary N) is 5. The van der Waals surface area contributed by atoms with Gasteiger partial charge in [0.25, 0.3) is 10.0 Å². The molecule has 4 rings (SSSR count). The quantitative estimate of drug-likeness (QED) is 0.104. The molecule has 1 heterocycles. The van der Waals surface area contributed by atoms with Gasteiger partial charge in [-0.15, -0.1) is 0 Å². The fourth-order valence-corrected chi connectivity index (χ4v) is 6.36. The summed E-state index contributed by atoms with van der Waals surface area (Å²) >= 11 is 0. The zero-order valence-corrected chi connectivity index (χ0v) is 28.4. The largest absolute Gasteiger partial charge is 0.361 e. The van der Waals surface area contributed by atoms with E-state index in [0.717, 1.165) is 41.3 Å². The lowest BCUT2D eigenvalue weighted by molar-refractivity contribution is -0.123. The molecule has 0 aliphatic rings. The Kier molecular flexibility index (Phi) is 11.2. The van der Waals surface area contributed by atoms with E-state index >= 15 is 0 Å². The third kappa shape index (κ3) is 9.59. The summed E-state index contributed by atoms with van der Waals surface area (Å²) in [5, 5.41) is 9.67. The smallest absolute Gasteiger partial charge is 0.319 e. The Morgan fingerprint density at radius 1 is 0.848 bits per heavy atom. The van der Waals surface area contributed by atoms with Gasteiger partial charge in [0, 0.05) is 35.2 Å². The molecule has 0 saturated carbocycles. The van der Waals surface area contributed by atoms with Gasteiger partial charge in [0.2, 0.25) is 5.91 Å². The van der Waals surface area contributed by atoms with Crippen LogP contribution in [0, 0.1) is 5.92 Å². The van der Waals surface area contributed by atoms with Gasteiger partial charge in [-0.2, -0.15) is 0 Å². The fraction of sp³-hybridized carbons (Fsp3) is 0.389. The number of hydrogen-bond donors (Lipinski definition) is 5. The zero-order valence-electron chi connectivity index (χ0n) is 27.6. The van der Waals surface area contributed by atoms with Gasteiger partial charge in [0.05, 0.1) is 10.6 Å². The lowest BCUT2D eigenvalue weighted by Crippen LogP contribution is -2.51. The van der Waals surface area contributed by atoms with Gasteiger partial charge < -0.3 is 20.9 Å². The number of fused-ring (bicyclic) bond motifs is 1. The van der Waals surface area contributed by atoms with Crippen molar-refractivity contribution in [1.29, 1.82) is 0 Å². The molecule has 3 amide bonds. The van der Waals surface area contributed by atoms with Crippen LogP contribution in [0.15, 0.2) is 83.9 Å². The minimum Gasteiger partial charge on any atom is -0.361 e. The standard InChI is InChI=1S/C36H47N5O4S/c1-24(2)11-9-12-25(3)38-34(42)33(21-26-23-37-32-16-8-7-15-31(26)32)40-35(43)39-28-13-10-14-29(22-28)41-46(44,45)30-19-17-27(18-20-30)36(4,5)6/h7-8,10,13-20,22-25,33,37,41H,9,11-12,21H2,1-6H3,(H,38,42)(H2,39,40,43)/t25?,33-/m1/s1. The molecule has 46 heavy (non-hydrogen) atoms. The van der Waals surface area contributed by atoms with Crippen LogP contribution in [-0.4, -0.2) is 37.4 Å². The van der Waals surface area contributed by atoms with Crippen LogP contribution in [0.5, 0.6) is 0 Å². The summed E-state index contributed by atoms with van der Waals surface area (Å²) in [5.41, 5.74) is 3.45. The van der Waals surface area contributed by atoms with E-state index in [0.29, 0.717) is 17.3 Å². The van der Waals surface area contributed by atoms with Crippen LogP contribution in [0.2, 0.25) is 0 Å². The lowest BCUT2D eigenvalue weighted by Gasteiger charge is -2.22. The second-order valence-corrected chi connectivity index (χ2v) is 15.1. The van der Waals surface area contributed by atoms with E-state index in [4.69, 9.17) is 0 Å². The number of para-hydroxylation sites is 1. The van der Waals surface area contributed by atoms with E-state index in [1.807, 2.05) is 49.5 Å². The molecule has 2 atom stereocenters. The van der Waals surface area contributed by atoms with Crippen molar-refractivity contribution in [2.75, 3.05) is 10.0 Å². The monoisotopic (exact) mass is 645 g/mol. The first-order valence-corrected chi connectivity index (χ1v) is 17.4. The fourth-order valence-electron chi connectivity index (χ4n) is 5.31. The number of aromatic nitrogens is 1. The van der Waals surface area contributed by atoms with Gasteiger partial charge in [0.15, 0.2) is 0 Å². The molecule has 0 bridgehead atoms. The maximum atomic E-state index is 13.5. The van der Waals surface area contributed by atoms with Gasteiger partial charge in [0.1, 0.15) is 6.04 Å². The number of benzene rings is 3. The first-order valence-electron chi connectivity index (χ1n) is 15.9. The number of carbonyl (C=O) groups is 2. The highest BCUT2D eigenvalue weighted by molar-refractivity contribution is 7.92. The number of urea groups is 1. The predicted octanol–water partition coefficient (Wildman–Crippen LogP) is 7.33. The van der Waals surface area contributed by atoms with Gasteiger partial charge in [-0.1, -0.05) is 83.9 Å². The maximum absolute atomic E-state index is 13.5. The predicted molar refractivity (Wildman–Crippen MR) is 187 cm³/mol. The summed E-state index contributed by atoms with van der Waals surface area (Å²) in [4.78, 5) is 30.1. The van der Waals surface area contributed by atoms with E-state index < -0.39 is 22.1 Å². The third-order valence-electron chi connectivity index (χ3n) is 7.93. The van der Waals surface area contributed by atoms with Crippen LogP contribution in [0.3, 0.4) is 0 Å². The zero-order chi connectivity index (χ0) is 33.5. The Bertz CT molecular complexity index is 1740. The minimum atomic E-state index is -3.86. The number of rotatable bonds is 13. The van der Waals surface area contributed by atoms with Crippen LogP contribution < -0.4 is 20.7 Å². The molecule has 10 heteroatoms. The summed E-state index contributed by atoms with van der Waals surface area (Å²) in [7, 11) is -3.86. The number of hydrogen-bond acceptors (Lipinski definition) is 4. The maximum Gasteiger partial charge on any atom is 0.319 e. The Balaban J connectivity index is 1.45. The highest BCUT2D eigenvalue weighted by Crippen LogP contribution is 2.25. The van der Waals surface area contributed by atoms with Crippen molar-refractivity contribution in [3.05, 3.63) is 90.1 Å². The van der Waals surface area contributed by atoms with Crippen molar-refractivity contribution in [3.8, 4) is 0 Å². The summed E-state index contributed by atoms with van der Waals surface area (Å²) in [6.07, 6.45) is 5.08. The van der Waals surface area contributed by atoms with Crippen molar-refractivity contribution in [2.24, 2.45) is 5.92 Å². The highest BCUT2D eigenvalue weighted by atomic mass is 32.2. The number of H-pyrrole nitrogens is 1. The molecule has 0 saturated heterocycles. The van der Waals surface area contributed by atoms with Crippen LogP contribution in [0.1, 0.15) is 71.9 Å². The van der Waals surface area contributed by atoms with Crippen LogP contribution in [0.25, 0.3) is 10.9 Å².